The van der Waals surface area contributed by atoms with Gasteiger partial charge in [0.15, 0.2) is 0 Å². The van der Waals surface area contributed by atoms with Crippen molar-refractivity contribution in [2.75, 3.05) is 9.80 Å². The van der Waals surface area contributed by atoms with Gasteiger partial charge in [-0.15, -0.1) is 0 Å². The summed E-state index contributed by atoms with van der Waals surface area (Å²) < 4.78 is 17.3. The van der Waals surface area contributed by atoms with Crippen molar-refractivity contribution in [1.29, 1.82) is 0 Å². The van der Waals surface area contributed by atoms with Crippen LogP contribution >= 0.6 is 0 Å². The topological polar surface area (TPSA) is 37.2 Å². The summed E-state index contributed by atoms with van der Waals surface area (Å²) in [6, 6.07) is 50.3. The summed E-state index contributed by atoms with van der Waals surface area (Å²) in [5.41, 5.74) is 19.3. The Hall–Kier alpha value is -6.92. The Morgan fingerprint density at radius 3 is 1.35 bits per heavy atom. The number of fused-ring (bicyclic) bond motifs is 16. The summed E-state index contributed by atoms with van der Waals surface area (Å²) in [6.07, 6.45) is 0. The van der Waals surface area contributed by atoms with Crippen LogP contribution in [0.1, 0.15) is 105 Å². The highest BCUT2D eigenvalue weighted by molar-refractivity contribution is 7.01. The lowest BCUT2D eigenvalue weighted by Gasteiger charge is -2.41. The van der Waals surface area contributed by atoms with Gasteiger partial charge >= 0.3 is 6.71 Å². The summed E-state index contributed by atoms with van der Waals surface area (Å²) in [5, 5.41) is 7.17. The average Bonchev–Trinajstić information content (AvgIpc) is 4.05. The van der Waals surface area contributed by atoms with Crippen LogP contribution in [0, 0.1) is 0 Å². The van der Waals surface area contributed by atoms with Gasteiger partial charge in [0.05, 0.1) is 39.3 Å². The molecule has 0 aliphatic carbocycles. The monoisotopic (exact) mass is 887 g/mol. The zero-order valence-corrected chi connectivity index (χ0v) is 41.4. The predicted octanol–water partition coefficient (Wildman–Crippen LogP) is 15.6. The Bertz CT molecular complexity index is 3890. The van der Waals surface area contributed by atoms with Crippen molar-refractivity contribution in [3.05, 3.63) is 156 Å². The summed E-state index contributed by atoms with van der Waals surface area (Å²) in [5.74, 6) is 0.834. The quantitative estimate of drug-likeness (QED) is 0.162. The van der Waals surface area contributed by atoms with Crippen molar-refractivity contribution in [1.82, 2.24) is 4.40 Å². The SMILES string of the molecule is CC(C)(C)c1ccc(N2c3oc4ccccc4c3B3c4oc5ccccc5c4N(c4ccc(C(C)(C)C)cc4)c4c3c2c2c3cc(C(C)(C)C)ccc3n3c5ccc(C(C)(C)C)cc5c4c23)cc1. The maximum atomic E-state index is 7.40. The maximum absolute atomic E-state index is 7.40. The van der Waals surface area contributed by atoms with Crippen LogP contribution in [0.5, 0.6) is 0 Å². The largest absolute Gasteiger partial charge is 0.468 e. The van der Waals surface area contributed by atoms with Gasteiger partial charge in [-0.2, -0.15) is 0 Å². The third kappa shape index (κ3) is 5.58. The van der Waals surface area contributed by atoms with Gasteiger partial charge in [0.25, 0.3) is 0 Å². The minimum atomic E-state index is -0.295. The minimum absolute atomic E-state index is 0.0118. The maximum Gasteiger partial charge on any atom is 0.302 e. The molecule has 0 N–H and O–H groups in total. The van der Waals surface area contributed by atoms with E-state index in [2.05, 4.69) is 231 Å². The van der Waals surface area contributed by atoms with E-state index in [-0.39, 0.29) is 28.4 Å². The summed E-state index contributed by atoms with van der Waals surface area (Å²) in [6.45, 7) is 27.4. The molecule has 0 atom stereocenters. The first kappa shape index (κ1) is 41.3. The van der Waals surface area contributed by atoms with E-state index in [1.165, 1.54) is 71.5 Å². The third-order valence-corrected chi connectivity index (χ3v) is 15.3. The molecule has 7 aromatic carbocycles. The molecular weight excluding hydrogens is 830 g/mol. The second-order valence-corrected chi connectivity index (χ2v) is 23.8. The Kier molecular flexibility index (Phi) is 8.14. The Morgan fingerprint density at radius 1 is 0.397 bits per heavy atom. The van der Waals surface area contributed by atoms with Crippen molar-refractivity contribution in [3.63, 3.8) is 0 Å². The fourth-order valence-corrected chi connectivity index (χ4v) is 11.7. The molecule has 0 saturated heterocycles. The second kappa shape index (κ2) is 13.4. The molecule has 0 fully saturated rings. The zero-order valence-electron chi connectivity index (χ0n) is 41.4. The summed E-state index contributed by atoms with van der Waals surface area (Å²) >= 11 is 0. The summed E-state index contributed by atoms with van der Waals surface area (Å²) in [4.78, 5) is 5.05. The minimum Gasteiger partial charge on any atom is -0.468 e. The molecule has 336 valence electrons. The fraction of sp³-hybridized carbons (Fsp3) is 0.258. The fourth-order valence-electron chi connectivity index (χ4n) is 11.7. The first-order chi connectivity index (χ1) is 32.3. The standard InChI is InChI=1S/C62H58BN3O2/c1-59(2,3)35-21-27-39(28-22-35)64-53-42-18-14-16-20-48(42)67-57(53)63-51-41-17-13-15-19-47(41)68-58(51)65(40-29-23-36(24-30-40)60(4,5)6)56-50-44-34-38(62(10,11)12)26-32-46(44)66-45-31-25-37(61(7,8)9)33-43(45)49(54(50)66)55(64)52(56)63/h13-34H,1-12H3. The molecule has 0 bridgehead atoms. The van der Waals surface area contributed by atoms with Crippen molar-refractivity contribution >= 4 is 118 Å². The van der Waals surface area contributed by atoms with Crippen molar-refractivity contribution in [3.8, 4) is 0 Å². The molecule has 13 rings (SSSR count). The van der Waals surface area contributed by atoms with Crippen molar-refractivity contribution in [2.45, 2.75) is 105 Å². The highest BCUT2D eigenvalue weighted by atomic mass is 16.4. The lowest BCUT2D eigenvalue weighted by atomic mass is 9.35. The van der Waals surface area contributed by atoms with E-state index in [9.17, 15) is 0 Å². The van der Waals surface area contributed by atoms with Crippen LogP contribution in [0.25, 0.3) is 60.0 Å². The second-order valence-electron chi connectivity index (χ2n) is 23.8. The van der Waals surface area contributed by atoms with Gasteiger partial charge in [-0.1, -0.05) is 150 Å². The van der Waals surface area contributed by atoms with Gasteiger partial charge < -0.3 is 18.1 Å². The average molecular weight is 888 g/mol. The van der Waals surface area contributed by atoms with Crippen LogP contribution in [0.2, 0.25) is 0 Å². The molecule has 2 aliphatic heterocycles. The van der Waals surface area contributed by atoms with Crippen LogP contribution in [0.3, 0.4) is 0 Å². The molecule has 68 heavy (non-hydrogen) atoms. The van der Waals surface area contributed by atoms with Gasteiger partial charge in [0, 0.05) is 49.2 Å². The van der Waals surface area contributed by atoms with Crippen LogP contribution in [-0.2, 0) is 21.7 Å². The van der Waals surface area contributed by atoms with E-state index in [1.807, 2.05) is 0 Å². The third-order valence-electron chi connectivity index (χ3n) is 15.3. The van der Waals surface area contributed by atoms with Gasteiger partial charge in [-0.25, -0.2) is 0 Å². The molecule has 11 aromatic rings. The molecule has 0 unspecified atom stereocenters. The molecule has 0 saturated carbocycles. The zero-order chi connectivity index (χ0) is 47.1. The van der Waals surface area contributed by atoms with E-state index in [4.69, 9.17) is 8.83 Å². The Balaban J connectivity index is 1.31. The number of hydrogen-bond donors (Lipinski definition) is 0. The molecule has 0 spiro atoms. The molecule has 0 radical (unpaired) electrons. The van der Waals surface area contributed by atoms with Crippen LogP contribution in [0.4, 0.5) is 34.3 Å². The molecular formula is C62H58BN3O2. The smallest absolute Gasteiger partial charge is 0.302 e. The molecule has 6 heteroatoms. The molecule has 6 heterocycles. The van der Waals surface area contributed by atoms with Gasteiger partial charge in [0.2, 0.25) is 5.88 Å². The number of aromatic nitrogens is 1. The van der Waals surface area contributed by atoms with Crippen molar-refractivity contribution in [2.24, 2.45) is 0 Å². The van der Waals surface area contributed by atoms with Gasteiger partial charge in [0.1, 0.15) is 11.2 Å². The van der Waals surface area contributed by atoms with Crippen molar-refractivity contribution < 1.29 is 8.83 Å². The number of nitrogens with zero attached hydrogens (tertiary/aromatic N) is 3. The van der Waals surface area contributed by atoms with Crippen LogP contribution < -0.4 is 26.4 Å². The number of anilines is 6. The normalized spacial score (nSPS) is 14.4. The summed E-state index contributed by atoms with van der Waals surface area (Å²) in [7, 11) is 0. The lowest BCUT2D eigenvalue weighted by Crippen LogP contribution is -2.60. The van der Waals surface area contributed by atoms with Gasteiger partial charge in [-0.3, -0.25) is 4.90 Å². The number of para-hydroxylation sites is 2. The molecule has 4 aromatic heterocycles. The number of benzene rings is 7. The van der Waals surface area contributed by atoms with Crippen LogP contribution in [0.15, 0.2) is 142 Å². The lowest BCUT2D eigenvalue weighted by molar-refractivity contribution is 0.590. The van der Waals surface area contributed by atoms with Gasteiger partial charge in [-0.05, 0) is 116 Å². The predicted molar refractivity (Wildman–Crippen MR) is 289 cm³/mol. The Morgan fingerprint density at radius 2 is 0.838 bits per heavy atom. The highest BCUT2D eigenvalue weighted by Gasteiger charge is 2.51. The molecule has 2 aliphatic rings. The Labute approximate surface area is 399 Å². The number of hydrogen-bond acceptors (Lipinski definition) is 4. The first-order valence-corrected chi connectivity index (χ1v) is 24.5. The van der Waals surface area contributed by atoms with Crippen LogP contribution in [-0.4, -0.2) is 11.1 Å². The molecule has 0 amide bonds. The highest BCUT2D eigenvalue weighted by Crippen LogP contribution is 2.56. The van der Waals surface area contributed by atoms with E-state index in [1.54, 1.807) is 0 Å². The number of furan rings is 2. The molecule has 5 nitrogen and oxygen atoms in total. The first-order valence-electron chi connectivity index (χ1n) is 24.5. The van der Waals surface area contributed by atoms with E-state index < -0.39 is 0 Å². The number of rotatable bonds is 2. The van der Waals surface area contributed by atoms with E-state index in [0.29, 0.717) is 0 Å². The van der Waals surface area contributed by atoms with E-state index >= 15 is 0 Å². The van der Waals surface area contributed by atoms with E-state index in [0.717, 1.165) is 61.7 Å².